The standard InChI is InChI=1S/C76H71N4O.Pt/c1-73(2,3)54-32-33-60(48-23-15-13-16-24-48)63(45-54)51-37-52(64-46-57(76(10,11)12)47-69-71(64)78-72(62-28-20-22-30-70(62)81)80(69)58-25-17-14-18-26-58)39-53(38-51)66-41-50(35-36-77-66)49-31-34-68-65(40-49)61-27-19-21-29-67(61)79(68)59-43-55(74(4,5)6)42-56(44-59)75(7,8)9;/h13-38,40-47,81H,1-12H3;/q-1;. The van der Waals surface area contributed by atoms with Crippen LogP contribution in [0, 0.1) is 6.07 Å². The molecule has 12 rings (SSSR count). The molecule has 0 bridgehead atoms. The Morgan fingerprint density at radius 1 is 0.378 bits per heavy atom. The molecular formula is C76H71N4OPt-. The fourth-order valence-electron chi connectivity index (χ4n) is 11.4. The number of rotatable bonds is 8. The molecule has 0 aliphatic heterocycles. The number of nitrogens with zero attached hydrogens (tertiary/aromatic N) is 4. The SMILES string of the molecule is CC(C)(C)c1cc(-n2c3ccccc3c3cc(-c4ccnc(-c5[c-]c(-c6cc(C(C)(C)C)cc7c6nc(-c6ccccc6O)n7-c6ccccc6)cc(-c6cc(C(C)(C)C)ccc6-c6ccccc6)c5)c4)ccc32)cc(C(C)(C)C)c1.[Pt]. The predicted octanol–water partition coefficient (Wildman–Crippen LogP) is 20.2. The van der Waals surface area contributed by atoms with Gasteiger partial charge in [-0.15, -0.1) is 23.8 Å². The summed E-state index contributed by atoms with van der Waals surface area (Å²) in [6, 6.07) is 75.9. The molecule has 6 heteroatoms. The van der Waals surface area contributed by atoms with Crippen molar-refractivity contribution < 1.29 is 26.2 Å². The van der Waals surface area contributed by atoms with Crippen molar-refractivity contribution >= 4 is 32.8 Å². The number of aromatic hydroxyl groups is 1. The number of phenols is 1. The van der Waals surface area contributed by atoms with Crippen molar-refractivity contribution in [1.82, 2.24) is 19.1 Å². The number of hydrogen-bond acceptors (Lipinski definition) is 3. The van der Waals surface area contributed by atoms with E-state index in [4.69, 9.17) is 9.97 Å². The number of fused-ring (bicyclic) bond motifs is 4. The van der Waals surface area contributed by atoms with Crippen molar-refractivity contribution in [2.75, 3.05) is 0 Å². The van der Waals surface area contributed by atoms with Gasteiger partial charge in [-0.25, -0.2) is 4.98 Å². The molecule has 12 aromatic rings. The van der Waals surface area contributed by atoms with Crippen LogP contribution in [0.2, 0.25) is 0 Å². The van der Waals surface area contributed by atoms with Gasteiger partial charge in [-0.05, 0) is 138 Å². The molecule has 0 radical (unpaired) electrons. The first-order valence-electron chi connectivity index (χ1n) is 28.4. The van der Waals surface area contributed by atoms with Gasteiger partial charge in [-0.2, -0.15) is 0 Å². The molecule has 5 nitrogen and oxygen atoms in total. The Morgan fingerprint density at radius 3 is 1.65 bits per heavy atom. The predicted molar refractivity (Wildman–Crippen MR) is 341 cm³/mol. The van der Waals surface area contributed by atoms with E-state index in [1.165, 1.54) is 44.2 Å². The molecule has 0 amide bonds. The third-order valence-corrected chi connectivity index (χ3v) is 16.2. The fraction of sp³-hybridized carbons (Fsp3) is 0.211. The topological polar surface area (TPSA) is 55.9 Å². The van der Waals surface area contributed by atoms with Crippen LogP contribution in [0.1, 0.15) is 105 Å². The zero-order chi connectivity index (χ0) is 56.8. The van der Waals surface area contributed by atoms with Crippen molar-refractivity contribution in [3.8, 4) is 84.3 Å². The quantitative estimate of drug-likeness (QED) is 0.154. The number of imidazole rings is 1. The molecule has 82 heavy (non-hydrogen) atoms. The smallest absolute Gasteiger partial charge is 0.148 e. The normalized spacial score (nSPS) is 12.3. The maximum absolute atomic E-state index is 11.5. The van der Waals surface area contributed by atoms with E-state index in [0.29, 0.717) is 11.4 Å². The minimum absolute atomic E-state index is 0. The minimum atomic E-state index is -0.235. The first-order chi connectivity index (χ1) is 38.6. The summed E-state index contributed by atoms with van der Waals surface area (Å²) >= 11 is 0. The Hall–Kier alpha value is -8.11. The first kappa shape index (κ1) is 55.8. The summed E-state index contributed by atoms with van der Waals surface area (Å²) in [4.78, 5) is 10.8. The largest absolute Gasteiger partial charge is 0.507 e. The van der Waals surface area contributed by atoms with Crippen molar-refractivity contribution in [2.24, 2.45) is 0 Å². The fourth-order valence-corrected chi connectivity index (χ4v) is 11.4. The summed E-state index contributed by atoms with van der Waals surface area (Å²) in [6.45, 7) is 27.5. The third kappa shape index (κ3) is 10.5. The van der Waals surface area contributed by atoms with Crippen molar-refractivity contribution in [2.45, 2.75) is 105 Å². The molecule has 0 spiro atoms. The van der Waals surface area contributed by atoms with Crippen LogP contribution in [0.25, 0.3) is 111 Å². The van der Waals surface area contributed by atoms with Crippen LogP contribution in [-0.4, -0.2) is 24.2 Å². The van der Waals surface area contributed by atoms with E-state index in [1.54, 1.807) is 6.07 Å². The van der Waals surface area contributed by atoms with Gasteiger partial charge < -0.3 is 9.67 Å². The Kier molecular flexibility index (Phi) is 14.3. The molecule has 0 saturated heterocycles. The second kappa shape index (κ2) is 21.0. The molecule has 0 saturated carbocycles. The molecule has 0 fully saturated rings. The third-order valence-electron chi connectivity index (χ3n) is 16.2. The van der Waals surface area contributed by atoms with Crippen LogP contribution >= 0.6 is 0 Å². The van der Waals surface area contributed by atoms with Gasteiger partial charge in [-0.1, -0.05) is 221 Å². The second-order valence-electron chi connectivity index (χ2n) is 26.1. The molecule has 0 aliphatic rings. The van der Waals surface area contributed by atoms with Crippen LogP contribution in [0.3, 0.4) is 0 Å². The van der Waals surface area contributed by atoms with Gasteiger partial charge in [-0.3, -0.25) is 9.55 Å². The summed E-state index contributed by atoms with van der Waals surface area (Å²) in [6.07, 6.45) is 1.94. The Labute approximate surface area is 498 Å². The maximum Gasteiger partial charge on any atom is 0.148 e. The molecule has 0 aliphatic carbocycles. The van der Waals surface area contributed by atoms with Crippen LogP contribution < -0.4 is 0 Å². The van der Waals surface area contributed by atoms with E-state index in [-0.39, 0.29) is 48.5 Å². The van der Waals surface area contributed by atoms with Gasteiger partial charge in [0.2, 0.25) is 0 Å². The van der Waals surface area contributed by atoms with E-state index < -0.39 is 0 Å². The summed E-state index contributed by atoms with van der Waals surface area (Å²) in [5, 5.41) is 13.9. The van der Waals surface area contributed by atoms with E-state index in [1.807, 2.05) is 30.5 Å². The molecule has 3 aromatic heterocycles. The average molecular weight is 1250 g/mol. The van der Waals surface area contributed by atoms with Crippen LogP contribution in [0.5, 0.6) is 5.75 Å². The summed E-state index contributed by atoms with van der Waals surface area (Å²) in [5.41, 5.74) is 21.7. The van der Waals surface area contributed by atoms with E-state index in [0.717, 1.165) is 78.0 Å². The van der Waals surface area contributed by atoms with Gasteiger partial charge in [0.15, 0.2) is 0 Å². The number of phenolic OH excluding ortho intramolecular Hbond substituents is 1. The maximum atomic E-state index is 11.5. The summed E-state index contributed by atoms with van der Waals surface area (Å²) < 4.78 is 4.65. The Morgan fingerprint density at radius 2 is 0.963 bits per heavy atom. The second-order valence-corrected chi connectivity index (χ2v) is 26.1. The number of hydrogen-bond donors (Lipinski definition) is 1. The summed E-state index contributed by atoms with van der Waals surface area (Å²) in [5.74, 6) is 0.826. The van der Waals surface area contributed by atoms with Crippen LogP contribution in [-0.2, 0) is 42.7 Å². The number of benzene rings is 9. The minimum Gasteiger partial charge on any atom is -0.507 e. The summed E-state index contributed by atoms with van der Waals surface area (Å²) in [7, 11) is 0. The zero-order valence-corrected chi connectivity index (χ0v) is 51.5. The zero-order valence-electron chi connectivity index (χ0n) is 49.2. The molecule has 0 unspecified atom stereocenters. The molecular weight excluding hydrogens is 1180 g/mol. The molecule has 1 N–H and O–H groups in total. The van der Waals surface area contributed by atoms with E-state index >= 15 is 0 Å². The molecule has 412 valence electrons. The van der Waals surface area contributed by atoms with Gasteiger partial charge >= 0.3 is 0 Å². The number of aromatic nitrogens is 4. The van der Waals surface area contributed by atoms with Crippen molar-refractivity contribution in [3.63, 3.8) is 0 Å². The van der Waals surface area contributed by atoms with Gasteiger partial charge in [0, 0.05) is 55.1 Å². The van der Waals surface area contributed by atoms with Crippen LogP contribution in [0.4, 0.5) is 0 Å². The van der Waals surface area contributed by atoms with E-state index in [9.17, 15) is 5.11 Å². The van der Waals surface area contributed by atoms with E-state index in [2.05, 4.69) is 268 Å². The van der Waals surface area contributed by atoms with Gasteiger partial charge in [0.05, 0.1) is 27.6 Å². The monoisotopic (exact) mass is 1250 g/mol. The molecule has 3 heterocycles. The van der Waals surface area contributed by atoms with Crippen molar-refractivity contribution in [1.29, 1.82) is 0 Å². The first-order valence-corrected chi connectivity index (χ1v) is 28.4. The van der Waals surface area contributed by atoms with Gasteiger partial charge in [0.25, 0.3) is 0 Å². The van der Waals surface area contributed by atoms with Gasteiger partial charge in [0.1, 0.15) is 11.6 Å². The molecule has 9 aromatic carbocycles. The number of para-hydroxylation sites is 3. The average Bonchev–Trinajstić information content (AvgIpc) is 4.15. The molecule has 0 atom stereocenters. The Bertz CT molecular complexity index is 4350. The number of pyridine rings is 1. The Balaban J connectivity index is 0.00000705. The van der Waals surface area contributed by atoms with Crippen molar-refractivity contribution in [3.05, 3.63) is 235 Å². The van der Waals surface area contributed by atoms with Crippen LogP contribution in [0.15, 0.2) is 206 Å².